The van der Waals surface area contributed by atoms with E-state index in [4.69, 9.17) is 4.98 Å². The molecule has 5 rings (SSSR count). The van der Waals surface area contributed by atoms with Gasteiger partial charge in [0.05, 0.1) is 20.1 Å². The molecule has 1 aliphatic heterocycles. The second kappa shape index (κ2) is 8.61. The van der Waals surface area contributed by atoms with E-state index in [-0.39, 0.29) is 17.7 Å². The number of hydrogen-bond acceptors (Lipinski definition) is 5. The summed E-state index contributed by atoms with van der Waals surface area (Å²) in [6.45, 7) is 1.41. The summed E-state index contributed by atoms with van der Waals surface area (Å²) in [5.41, 5.74) is 2.25. The van der Waals surface area contributed by atoms with E-state index in [0.717, 1.165) is 29.9 Å². The number of hydrogen-bond donors (Lipinski definition) is 1. The van der Waals surface area contributed by atoms with Crippen molar-refractivity contribution in [3.63, 3.8) is 0 Å². The maximum atomic E-state index is 13.2. The van der Waals surface area contributed by atoms with E-state index in [1.807, 2.05) is 52.7 Å². The SMILES string of the molecule is O=C(Nc1cccc(C(=O)N2CCC[C@H](c3nc4ccccc4s3)C2)c1)c1cccs1. The van der Waals surface area contributed by atoms with E-state index in [9.17, 15) is 9.59 Å². The van der Waals surface area contributed by atoms with E-state index in [0.29, 0.717) is 22.7 Å². The molecule has 0 saturated carbocycles. The second-order valence-corrected chi connectivity index (χ2v) is 9.63. The van der Waals surface area contributed by atoms with Crippen LogP contribution in [0.1, 0.15) is 43.8 Å². The number of nitrogens with zero attached hydrogens (tertiary/aromatic N) is 2. The fraction of sp³-hybridized carbons (Fsp3) is 0.208. The summed E-state index contributed by atoms with van der Waals surface area (Å²) in [7, 11) is 0. The van der Waals surface area contributed by atoms with Gasteiger partial charge >= 0.3 is 0 Å². The Morgan fingerprint density at radius 1 is 1.06 bits per heavy atom. The molecule has 1 N–H and O–H groups in total. The Balaban J connectivity index is 1.31. The Hall–Kier alpha value is -3.03. The average Bonchev–Trinajstić information content (AvgIpc) is 3.49. The molecule has 0 unspecified atom stereocenters. The van der Waals surface area contributed by atoms with Crippen LogP contribution in [0.3, 0.4) is 0 Å². The van der Waals surface area contributed by atoms with Gasteiger partial charge in [-0.3, -0.25) is 9.59 Å². The Morgan fingerprint density at radius 2 is 1.97 bits per heavy atom. The molecule has 0 radical (unpaired) electrons. The third-order valence-electron chi connectivity index (χ3n) is 5.48. The quantitative estimate of drug-likeness (QED) is 0.441. The van der Waals surface area contributed by atoms with Crippen LogP contribution < -0.4 is 5.32 Å². The number of rotatable bonds is 4. The van der Waals surface area contributed by atoms with Crippen LogP contribution in [-0.2, 0) is 0 Å². The highest BCUT2D eigenvalue weighted by atomic mass is 32.1. The van der Waals surface area contributed by atoms with Crippen LogP contribution in [0.2, 0.25) is 0 Å². The number of aromatic nitrogens is 1. The molecule has 2 aromatic carbocycles. The first-order valence-electron chi connectivity index (χ1n) is 10.3. The molecule has 3 heterocycles. The minimum Gasteiger partial charge on any atom is -0.338 e. The lowest BCUT2D eigenvalue weighted by Gasteiger charge is -2.32. The molecule has 0 spiro atoms. The van der Waals surface area contributed by atoms with Crippen molar-refractivity contribution < 1.29 is 9.59 Å². The summed E-state index contributed by atoms with van der Waals surface area (Å²) < 4.78 is 1.19. The molecule has 4 aromatic rings. The number of anilines is 1. The number of nitrogens with one attached hydrogen (secondary N) is 1. The Morgan fingerprint density at radius 3 is 2.81 bits per heavy atom. The van der Waals surface area contributed by atoms with Crippen LogP contribution in [0.25, 0.3) is 10.2 Å². The number of para-hydroxylation sites is 1. The number of thiophene rings is 1. The molecule has 1 atom stereocenters. The van der Waals surface area contributed by atoms with Gasteiger partial charge in [0, 0.05) is 30.3 Å². The van der Waals surface area contributed by atoms with E-state index < -0.39 is 0 Å². The molecule has 5 nitrogen and oxygen atoms in total. The standard InChI is InChI=1S/C24H21N3O2S2/c28-22(21-11-5-13-30-21)25-18-8-3-6-16(14-18)24(29)27-12-4-7-17(15-27)23-26-19-9-1-2-10-20(19)31-23/h1-3,5-6,8-11,13-14,17H,4,7,12,15H2,(H,25,28)/t17-/m0/s1. The van der Waals surface area contributed by atoms with Gasteiger partial charge in [-0.2, -0.15) is 0 Å². The highest BCUT2D eigenvalue weighted by Crippen LogP contribution is 2.33. The largest absolute Gasteiger partial charge is 0.338 e. The van der Waals surface area contributed by atoms with Gasteiger partial charge in [-0.15, -0.1) is 22.7 Å². The Bertz CT molecular complexity index is 1200. The van der Waals surface area contributed by atoms with E-state index in [1.54, 1.807) is 23.5 Å². The number of fused-ring (bicyclic) bond motifs is 1. The molecular formula is C24H21N3O2S2. The number of thiazole rings is 1. The molecule has 0 bridgehead atoms. The van der Waals surface area contributed by atoms with Crippen LogP contribution in [0.5, 0.6) is 0 Å². The summed E-state index contributed by atoms with van der Waals surface area (Å²) >= 11 is 3.12. The third-order valence-corrected chi connectivity index (χ3v) is 7.55. The van der Waals surface area contributed by atoms with E-state index >= 15 is 0 Å². The van der Waals surface area contributed by atoms with Crippen molar-refractivity contribution in [2.45, 2.75) is 18.8 Å². The van der Waals surface area contributed by atoms with Crippen molar-refractivity contribution in [3.05, 3.63) is 81.5 Å². The van der Waals surface area contributed by atoms with Crippen molar-refractivity contribution in [2.75, 3.05) is 18.4 Å². The zero-order chi connectivity index (χ0) is 21.2. The number of benzene rings is 2. The van der Waals surface area contributed by atoms with Crippen LogP contribution in [-0.4, -0.2) is 34.8 Å². The number of amides is 2. The van der Waals surface area contributed by atoms with E-state index in [1.165, 1.54) is 16.0 Å². The van der Waals surface area contributed by atoms with Crippen LogP contribution >= 0.6 is 22.7 Å². The highest BCUT2D eigenvalue weighted by molar-refractivity contribution is 7.18. The predicted molar refractivity (Wildman–Crippen MR) is 126 cm³/mol. The number of carbonyl (C=O) groups is 2. The summed E-state index contributed by atoms with van der Waals surface area (Å²) in [5, 5.41) is 5.86. The van der Waals surface area contributed by atoms with Gasteiger partial charge in [0.15, 0.2) is 0 Å². The van der Waals surface area contributed by atoms with Crippen LogP contribution in [0.15, 0.2) is 66.0 Å². The second-order valence-electron chi connectivity index (χ2n) is 7.62. The molecular weight excluding hydrogens is 426 g/mol. The summed E-state index contributed by atoms with van der Waals surface area (Å²) in [4.78, 5) is 32.9. The van der Waals surface area contributed by atoms with Gasteiger partial charge in [-0.1, -0.05) is 24.3 Å². The topological polar surface area (TPSA) is 62.3 Å². The maximum absolute atomic E-state index is 13.2. The first-order chi connectivity index (χ1) is 15.2. The van der Waals surface area contributed by atoms with Crippen molar-refractivity contribution in [3.8, 4) is 0 Å². The average molecular weight is 448 g/mol. The van der Waals surface area contributed by atoms with Crippen molar-refractivity contribution in [1.29, 1.82) is 0 Å². The Kier molecular flexibility index (Phi) is 5.53. The number of piperidine rings is 1. The summed E-state index contributed by atoms with van der Waals surface area (Å²) in [6, 6.07) is 19.0. The maximum Gasteiger partial charge on any atom is 0.265 e. The first-order valence-corrected chi connectivity index (χ1v) is 12.0. The fourth-order valence-corrected chi connectivity index (χ4v) is 5.65. The summed E-state index contributed by atoms with van der Waals surface area (Å²) in [6.07, 6.45) is 2.00. The number of likely N-dealkylation sites (tertiary alicyclic amines) is 1. The Labute approximate surface area is 188 Å². The lowest BCUT2D eigenvalue weighted by atomic mass is 9.98. The molecule has 156 valence electrons. The molecule has 1 fully saturated rings. The van der Waals surface area contributed by atoms with Gasteiger partial charge in [0.1, 0.15) is 0 Å². The monoisotopic (exact) mass is 447 g/mol. The lowest BCUT2D eigenvalue weighted by Crippen LogP contribution is -2.39. The molecule has 1 aliphatic rings. The van der Waals surface area contributed by atoms with Gasteiger partial charge in [0.25, 0.3) is 11.8 Å². The molecule has 2 amide bonds. The van der Waals surface area contributed by atoms with Crippen LogP contribution in [0, 0.1) is 0 Å². The van der Waals surface area contributed by atoms with Crippen molar-refractivity contribution in [1.82, 2.24) is 9.88 Å². The van der Waals surface area contributed by atoms with E-state index in [2.05, 4.69) is 11.4 Å². The highest BCUT2D eigenvalue weighted by Gasteiger charge is 2.27. The zero-order valence-corrected chi connectivity index (χ0v) is 18.4. The molecule has 7 heteroatoms. The van der Waals surface area contributed by atoms with Gasteiger partial charge in [-0.25, -0.2) is 4.98 Å². The molecule has 31 heavy (non-hydrogen) atoms. The third kappa shape index (κ3) is 4.24. The van der Waals surface area contributed by atoms with Crippen molar-refractivity contribution >= 4 is 50.4 Å². The van der Waals surface area contributed by atoms with Gasteiger partial charge in [-0.05, 0) is 54.6 Å². The molecule has 1 saturated heterocycles. The fourth-order valence-electron chi connectivity index (χ4n) is 3.94. The minimum atomic E-state index is -0.159. The minimum absolute atomic E-state index is 0.00182. The molecule has 0 aliphatic carbocycles. The number of carbonyl (C=O) groups excluding carboxylic acids is 2. The normalized spacial score (nSPS) is 16.4. The molecule has 2 aromatic heterocycles. The van der Waals surface area contributed by atoms with Crippen molar-refractivity contribution in [2.24, 2.45) is 0 Å². The van der Waals surface area contributed by atoms with Gasteiger partial charge in [0.2, 0.25) is 0 Å². The zero-order valence-electron chi connectivity index (χ0n) is 16.8. The predicted octanol–water partition coefficient (Wildman–Crippen LogP) is 5.63. The van der Waals surface area contributed by atoms with Crippen LogP contribution in [0.4, 0.5) is 5.69 Å². The lowest BCUT2D eigenvalue weighted by molar-refractivity contribution is 0.0707. The smallest absolute Gasteiger partial charge is 0.265 e. The summed E-state index contributed by atoms with van der Waals surface area (Å²) in [5.74, 6) is 0.100. The van der Waals surface area contributed by atoms with Gasteiger partial charge < -0.3 is 10.2 Å². The first kappa shape index (κ1) is 19.9.